The fraction of sp³-hybridized carbons (Fsp3) is 0.684. The first-order chi connectivity index (χ1) is 12.7. The van der Waals surface area contributed by atoms with Crippen molar-refractivity contribution < 1.29 is 22.1 Å². The lowest BCUT2D eigenvalue weighted by Crippen LogP contribution is -2.46. The Bertz CT molecular complexity index is 762. The maximum Gasteiger partial charge on any atom is 0.376 e. The van der Waals surface area contributed by atoms with E-state index in [-0.39, 0.29) is 28.7 Å². The fourth-order valence-electron chi connectivity index (χ4n) is 3.14. The largest absolute Gasteiger partial charge is 0.437 e. The van der Waals surface area contributed by atoms with E-state index in [0.717, 1.165) is 5.56 Å². The molecule has 0 bridgehead atoms. The lowest BCUT2D eigenvalue weighted by Gasteiger charge is -2.38. The van der Waals surface area contributed by atoms with Gasteiger partial charge in [-0.2, -0.15) is 8.42 Å². The minimum absolute atomic E-state index is 0.00152. The van der Waals surface area contributed by atoms with Crippen molar-refractivity contribution in [1.29, 1.82) is 0 Å². The summed E-state index contributed by atoms with van der Waals surface area (Å²) in [5.41, 5.74) is 0.987. The van der Waals surface area contributed by atoms with Crippen molar-refractivity contribution in [2.24, 2.45) is 0 Å². The maximum absolute atomic E-state index is 12.5. The first kappa shape index (κ1) is 23.6. The molecule has 1 aliphatic rings. The van der Waals surface area contributed by atoms with E-state index in [2.05, 4.69) is 33.9 Å². The number of hydrogen-bond acceptors (Lipinski definition) is 6. The molecule has 0 amide bonds. The predicted octanol–water partition coefficient (Wildman–Crippen LogP) is 3.28. The molecule has 158 valence electrons. The van der Waals surface area contributed by atoms with E-state index in [1.165, 1.54) is 0 Å². The van der Waals surface area contributed by atoms with E-state index in [1.807, 2.05) is 11.7 Å². The number of rotatable bonds is 7. The van der Waals surface area contributed by atoms with Gasteiger partial charge in [0.05, 0.1) is 17.6 Å². The lowest BCUT2D eigenvalue weighted by molar-refractivity contribution is 0.190. The van der Waals surface area contributed by atoms with Gasteiger partial charge in [0, 0.05) is 12.6 Å². The number of nitrogens with zero attached hydrogens (tertiary/aromatic N) is 1. The Morgan fingerprint density at radius 1 is 1.25 bits per heavy atom. The average molecular weight is 427 g/mol. The Morgan fingerprint density at radius 3 is 2.32 bits per heavy atom. The van der Waals surface area contributed by atoms with Gasteiger partial charge in [-0.1, -0.05) is 38.5 Å². The highest BCUT2D eigenvalue weighted by Crippen LogP contribution is 2.39. The normalized spacial score (nSPS) is 21.9. The van der Waals surface area contributed by atoms with Crippen LogP contribution >= 0.6 is 0 Å². The van der Waals surface area contributed by atoms with Crippen LogP contribution in [0, 0.1) is 6.92 Å². The van der Waals surface area contributed by atoms with Crippen LogP contribution in [0.1, 0.15) is 32.8 Å². The molecule has 2 atom stereocenters. The van der Waals surface area contributed by atoms with Crippen LogP contribution in [0.2, 0.25) is 25.0 Å². The number of aryl methyl sites for hydroxylation is 1. The second kappa shape index (κ2) is 8.57. The monoisotopic (exact) mass is 427 g/mol. The molecule has 28 heavy (non-hydrogen) atoms. The smallest absolute Gasteiger partial charge is 0.376 e. The molecular formula is C19H34BNO5SSi. The van der Waals surface area contributed by atoms with Gasteiger partial charge in [-0.3, -0.25) is 4.18 Å². The van der Waals surface area contributed by atoms with Gasteiger partial charge in [0.2, 0.25) is 0 Å². The molecule has 1 N–H and O–H groups in total. The van der Waals surface area contributed by atoms with Crippen molar-refractivity contribution in [3.05, 3.63) is 29.8 Å². The summed E-state index contributed by atoms with van der Waals surface area (Å²) in [6, 6.07) is 6.38. The molecule has 9 heteroatoms. The molecule has 0 radical (unpaired) electrons. The summed E-state index contributed by atoms with van der Waals surface area (Å²) in [7, 11) is -6.47. The quantitative estimate of drug-likeness (QED) is 0.532. The van der Waals surface area contributed by atoms with Crippen LogP contribution in [0.5, 0.6) is 0 Å². The Balaban J connectivity index is 2.06. The molecule has 0 unspecified atom stereocenters. The third-order valence-corrected chi connectivity index (χ3v) is 11.7. The maximum atomic E-state index is 12.5. The molecule has 1 fully saturated rings. The van der Waals surface area contributed by atoms with Crippen LogP contribution in [0.25, 0.3) is 0 Å². The molecule has 2 rings (SSSR count). The average Bonchev–Trinajstić information content (AvgIpc) is 2.95. The van der Waals surface area contributed by atoms with Gasteiger partial charge >= 0.3 is 7.05 Å². The Morgan fingerprint density at radius 2 is 1.82 bits per heavy atom. The molecule has 1 aromatic carbocycles. The third kappa shape index (κ3) is 5.67. The van der Waals surface area contributed by atoms with Gasteiger partial charge in [0.1, 0.15) is 0 Å². The molecule has 1 aliphatic heterocycles. The van der Waals surface area contributed by atoms with E-state index in [0.29, 0.717) is 13.0 Å². The summed E-state index contributed by atoms with van der Waals surface area (Å²) in [5.74, 6) is 0. The highest BCUT2D eigenvalue weighted by molar-refractivity contribution is 7.86. The van der Waals surface area contributed by atoms with Crippen LogP contribution in [-0.4, -0.2) is 58.9 Å². The zero-order valence-corrected chi connectivity index (χ0v) is 19.9. The minimum Gasteiger partial charge on any atom is -0.437 e. The molecular weight excluding hydrogens is 393 g/mol. The molecule has 1 aromatic rings. The van der Waals surface area contributed by atoms with E-state index in [1.54, 1.807) is 31.1 Å². The van der Waals surface area contributed by atoms with Crippen LogP contribution in [0.3, 0.4) is 0 Å². The predicted molar refractivity (Wildman–Crippen MR) is 115 cm³/mol. The topological polar surface area (TPSA) is 76.1 Å². The van der Waals surface area contributed by atoms with Crippen molar-refractivity contribution in [2.75, 3.05) is 13.2 Å². The summed E-state index contributed by atoms with van der Waals surface area (Å²) in [4.78, 5) is 2.01. The van der Waals surface area contributed by atoms with Crippen LogP contribution in [0.15, 0.2) is 29.2 Å². The zero-order valence-electron chi connectivity index (χ0n) is 18.1. The number of benzene rings is 1. The second-order valence-corrected chi connectivity index (χ2v) is 15.6. The lowest BCUT2D eigenvalue weighted by atomic mass is 9.84. The van der Waals surface area contributed by atoms with Crippen molar-refractivity contribution in [1.82, 2.24) is 4.81 Å². The highest BCUT2D eigenvalue weighted by atomic mass is 32.2. The van der Waals surface area contributed by atoms with Crippen molar-refractivity contribution in [3.8, 4) is 0 Å². The van der Waals surface area contributed by atoms with Gasteiger partial charge < -0.3 is 14.3 Å². The Labute approximate surface area is 171 Å². The first-order valence-corrected chi connectivity index (χ1v) is 14.1. The molecule has 0 saturated carbocycles. The van der Waals surface area contributed by atoms with Crippen LogP contribution in [-0.2, 0) is 18.7 Å². The fourth-order valence-corrected chi connectivity index (χ4v) is 5.44. The van der Waals surface area contributed by atoms with Crippen molar-refractivity contribution >= 4 is 25.5 Å². The van der Waals surface area contributed by atoms with Crippen LogP contribution in [0.4, 0.5) is 0 Å². The molecule has 0 aliphatic carbocycles. The summed E-state index contributed by atoms with van der Waals surface area (Å²) in [6.45, 7) is 15.1. The second-order valence-electron chi connectivity index (χ2n) is 9.27. The molecule has 0 aromatic heterocycles. The van der Waals surface area contributed by atoms with E-state index < -0.39 is 25.5 Å². The number of hydrogen-bond donors (Lipinski definition) is 1. The third-order valence-electron chi connectivity index (χ3n) is 5.89. The van der Waals surface area contributed by atoms with Crippen LogP contribution < -0.4 is 0 Å². The standard InChI is InChI=1S/C19H34BNO5SSi/c1-15-8-10-18(11-9-15)27(23,24)25-14-16-12-17(13-21(16)20(5)22)26-28(6,7)19(2,3)4/h8-11,16-17,22H,12-14H2,1-7H3/t16-,17-/m0/s1. The van der Waals surface area contributed by atoms with E-state index in [9.17, 15) is 13.4 Å². The molecule has 1 saturated heterocycles. The van der Waals surface area contributed by atoms with E-state index in [4.69, 9.17) is 8.61 Å². The van der Waals surface area contributed by atoms with Gasteiger partial charge in [0.15, 0.2) is 8.32 Å². The first-order valence-electron chi connectivity index (χ1n) is 9.81. The minimum atomic E-state index is -3.83. The Hall–Kier alpha value is -0.708. The van der Waals surface area contributed by atoms with E-state index >= 15 is 0 Å². The molecule has 0 spiro atoms. The van der Waals surface area contributed by atoms with Gasteiger partial charge in [0.25, 0.3) is 10.1 Å². The molecule has 6 nitrogen and oxygen atoms in total. The van der Waals surface area contributed by atoms with Gasteiger partial charge in [-0.15, -0.1) is 0 Å². The SMILES string of the molecule is CB(O)N1C[C@@H](O[Si](C)(C)C(C)(C)C)C[C@H]1COS(=O)(=O)c1ccc(C)cc1. The zero-order chi connectivity index (χ0) is 21.3. The van der Waals surface area contributed by atoms with Crippen molar-refractivity contribution in [3.63, 3.8) is 0 Å². The van der Waals surface area contributed by atoms with Crippen molar-refractivity contribution in [2.45, 2.75) is 76.1 Å². The summed E-state index contributed by atoms with van der Waals surface area (Å²) in [5, 5.41) is 10.2. The summed E-state index contributed by atoms with van der Waals surface area (Å²) >= 11 is 0. The molecule has 1 heterocycles. The Kier molecular flexibility index (Phi) is 7.22. The highest BCUT2D eigenvalue weighted by Gasteiger charge is 2.44. The van der Waals surface area contributed by atoms with Gasteiger partial charge in [-0.25, -0.2) is 0 Å². The van der Waals surface area contributed by atoms with Gasteiger partial charge in [-0.05, 0) is 50.4 Å². The summed E-state index contributed by atoms with van der Waals surface area (Å²) in [6.07, 6.45) is 0.604. The summed E-state index contributed by atoms with van der Waals surface area (Å²) < 4.78 is 36.8.